The van der Waals surface area contributed by atoms with Crippen molar-refractivity contribution in [3.63, 3.8) is 0 Å². The molecule has 0 N–H and O–H groups in total. The molecule has 0 saturated heterocycles. The lowest BCUT2D eigenvalue weighted by atomic mass is 10.1. The van der Waals surface area contributed by atoms with Crippen LogP contribution in [0.5, 0.6) is 0 Å². The largest absolute Gasteiger partial charge is 0.331 e. The van der Waals surface area contributed by atoms with Gasteiger partial charge in [0, 0.05) is 5.30 Å². The Morgan fingerprint density at radius 1 is 0.882 bits per heavy atom. The van der Waals surface area contributed by atoms with Gasteiger partial charge in [0.2, 0.25) is 8.38 Å². The van der Waals surface area contributed by atoms with Gasteiger partial charge in [0.1, 0.15) is 0 Å². The van der Waals surface area contributed by atoms with E-state index in [-0.39, 0.29) is 0 Å². The standard InChI is InChI=1S/C14H17O2P/c1-3-15-17(16-4-2)14-11-7-9-12-8-5-6-10-13(12)14/h5-11H,3-4H2,1-2H3. The van der Waals surface area contributed by atoms with E-state index in [1.165, 1.54) is 16.1 Å². The normalized spacial score (nSPS) is 11.2. The molecule has 0 aliphatic rings. The lowest BCUT2D eigenvalue weighted by Crippen LogP contribution is -2.07. The molecule has 0 aliphatic heterocycles. The quantitative estimate of drug-likeness (QED) is 0.748. The molecular formula is C14H17O2P. The third kappa shape index (κ3) is 2.84. The van der Waals surface area contributed by atoms with Crippen molar-refractivity contribution >= 4 is 24.5 Å². The van der Waals surface area contributed by atoms with Gasteiger partial charge in [0.25, 0.3) is 0 Å². The van der Waals surface area contributed by atoms with Crippen LogP contribution in [0, 0.1) is 0 Å². The van der Waals surface area contributed by atoms with Crippen molar-refractivity contribution in [2.45, 2.75) is 13.8 Å². The van der Waals surface area contributed by atoms with Crippen LogP contribution in [0.15, 0.2) is 42.5 Å². The first kappa shape index (κ1) is 12.5. The maximum Gasteiger partial charge on any atom is 0.205 e. The van der Waals surface area contributed by atoms with Gasteiger partial charge in [0.05, 0.1) is 13.2 Å². The van der Waals surface area contributed by atoms with Crippen LogP contribution in [-0.2, 0) is 9.05 Å². The van der Waals surface area contributed by atoms with Crippen LogP contribution in [0.25, 0.3) is 10.8 Å². The molecular weight excluding hydrogens is 231 g/mol. The number of benzene rings is 2. The Bertz CT molecular complexity index is 473. The molecule has 0 unspecified atom stereocenters. The van der Waals surface area contributed by atoms with Gasteiger partial charge in [-0.2, -0.15) is 0 Å². The second kappa shape index (κ2) is 6.11. The van der Waals surface area contributed by atoms with E-state index in [0.29, 0.717) is 13.2 Å². The predicted molar refractivity (Wildman–Crippen MR) is 73.8 cm³/mol. The van der Waals surface area contributed by atoms with Crippen molar-refractivity contribution in [3.05, 3.63) is 42.5 Å². The highest BCUT2D eigenvalue weighted by atomic mass is 31.2. The first-order valence-corrected chi connectivity index (χ1v) is 7.08. The minimum Gasteiger partial charge on any atom is -0.331 e. The lowest BCUT2D eigenvalue weighted by Gasteiger charge is -2.17. The summed E-state index contributed by atoms with van der Waals surface area (Å²) >= 11 is 0. The predicted octanol–water partition coefficient (Wildman–Crippen LogP) is 3.85. The zero-order valence-electron chi connectivity index (χ0n) is 10.2. The van der Waals surface area contributed by atoms with E-state index in [9.17, 15) is 0 Å². The highest BCUT2D eigenvalue weighted by Crippen LogP contribution is 2.39. The van der Waals surface area contributed by atoms with Crippen molar-refractivity contribution in [2.75, 3.05) is 13.2 Å². The number of hydrogen-bond acceptors (Lipinski definition) is 2. The number of hydrogen-bond donors (Lipinski definition) is 0. The Labute approximate surface area is 103 Å². The maximum atomic E-state index is 5.72. The van der Waals surface area contributed by atoms with Gasteiger partial charge in [-0.05, 0) is 30.7 Å². The fourth-order valence-corrected chi connectivity index (χ4v) is 3.21. The SMILES string of the molecule is CCOP(OCC)c1cccc2ccccc12. The lowest BCUT2D eigenvalue weighted by molar-refractivity contribution is 0.277. The van der Waals surface area contributed by atoms with Crippen LogP contribution >= 0.6 is 8.38 Å². The van der Waals surface area contributed by atoms with E-state index in [1.807, 2.05) is 13.8 Å². The minimum atomic E-state index is -0.956. The van der Waals surface area contributed by atoms with Crippen LogP contribution in [0.1, 0.15) is 13.8 Å². The van der Waals surface area contributed by atoms with Gasteiger partial charge in [0.15, 0.2) is 0 Å². The fraction of sp³-hybridized carbons (Fsp3) is 0.286. The van der Waals surface area contributed by atoms with Crippen LogP contribution in [0.2, 0.25) is 0 Å². The third-order valence-corrected chi connectivity index (χ3v) is 4.22. The highest BCUT2D eigenvalue weighted by Gasteiger charge is 2.15. The second-order valence-corrected chi connectivity index (χ2v) is 5.10. The second-order valence-electron chi connectivity index (χ2n) is 3.59. The van der Waals surface area contributed by atoms with Gasteiger partial charge < -0.3 is 9.05 Å². The smallest absolute Gasteiger partial charge is 0.205 e. The maximum absolute atomic E-state index is 5.72. The first-order valence-electron chi connectivity index (χ1n) is 5.90. The Balaban J connectivity index is 2.44. The summed E-state index contributed by atoms with van der Waals surface area (Å²) in [4.78, 5) is 0. The topological polar surface area (TPSA) is 18.5 Å². The fourth-order valence-electron chi connectivity index (χ4n) is 1.78. The van der Waals surface area contributed by atoms with E-state index in [0.717, 1.165) is 0 Å². The average molecular weight is 248 g/mol. The van der Waals surface area contributed by atoms with Gasteiger partial charge in [-0.25, -0.2) is 0 Å². The summed E-state index contributed by atoms with van der Waals surface area (Å²) < 4.78 is 11.4. The molecule has 2 nitrogen and oxygen atoms in total. The molecule has 0 aliphatic carbocycles. The summed E-state index contributed by atoms with van der Waals surface area (Å²) in [7, 11) is -0.956. The number of rotatable bonds is 5. The van der Waals surface area contributed by atoms with Crippen molar-refractivity contribution in [1.82, 2.24) is 0 Å². The molecule has 2 rings (SSSR count). The Hall–Kier alpha value is -0.950. The van der Waals surface area contributed by atoms with Crippen molar-refractivity contribution in [1.29, 1.82) is 0 Å². The molecule has 2 aromatic rings. The molecule has 2 aromatic carbocycles. The number of fused-ring (bicyclic) bond motifs is 1. The van der Waals surface area contributed by atoms with E-state index in [2.05, 4.69) is 42.5 Å². The molecule has 0 amide bonds. The zero-order chi connectivity index (χ0) is 12.1. The van der Waals surface area contributed by atoms with Crippen molar-refractivity contribution < 1.29 is 9.05 Å². The van der Waals surface area contributed by atoms with Crippen molar-refractivity contribution in [2.24, 2.45) is 0 Å². The van der Waals surface area contributed by atoms with Crippen LogP contribution in [-0.4, -0.2) is 13.2 Å². The minimum absolute atomic E-state index is 0.676. The van der Waals surface area contributed by atoms with Crippen molar-refractivity contribution in [3.8, 4) is 0 Å². The molecule has 0 atom stereocenters. The summed E-state index contributed by atoms with van der Waals surface area (Å²) in [6, 6.07) is 14.6. The third-order valence-electron chi connectivity index (χ3n) is 2.46. The molecule has 0 spiro atoms. The Kier molecular flexibility index (Phi) is 4.49. The monoisotopic (exact) mass is 248 g/mol. The molecule has 90 valence electrons. The van der Waals surface area contributed by atoms with E-state index < -0.39 is 8.38 Å². The molecule has 0 saturated carbocycles. The zero-order valence-corrected chi connectivity index (χ0v) is 11.1. The van der Waals surface area contributed by atoms with Gasteiger partial charge in [-0.1, -0.05) is 36.4 Å². The van der Waals surface area contributed by atoms with Crippen LogP contribution < -0.4 is 5.30 Å². The van der Waals surface area contributed by atoms with Gasteiger partial charge in [-0.3, -0.25) is 0 Å². The molecule has 0 bridgehead atoms. The molecule has 0 radical (unpaired) electrons. The van der Waals surface area contributed by atoms with Crippen LogP contribution in [0.3, 0.4) is 0 Å². The van der Waals surface area contributed by atoms with Gasteiger partial charge >= 0.3 is 0 Å². The Morgan fingerprint density at radius 3 is 2.24 bits per heavy atom. The van der Waals surface area contributed by atoms with Gasteiger partial charge in [-0.15, -0.1) is 0 Å². The van der Waals surface area contributed by atoms with E-state index in [4.69, 9.17) is 9.05 Å². The summed E-state index contributed by atoms with van der Waals surface area (Å²) in [5.41, 5.74) is 0. The Morgan fingerprint density at radius 2 is 1.53 bits per heavy atom. The first-order chi connectivity index (χ1) is 8.36. The summed E-state index contributed by atoms with van der Waals surface area (Å²) in [6.45, 7) is 5.35. The van der Waals surface area contributed by atoms with E-state index >= 15 is 0 Å². The van der Waals surface area contributed by atoms with E-state index in [1.54, 1.807) is 0 Å². The van der Waals surface area contributed by atoms with Crippen LogP contribution in [0.4, 0.5) is 0 Å². The summed E-state index contributed by atoms with van der Waals surface area (Å²) in [5, 5.41) is 3.63. The average Bonchev–Trinajstić information content (AvgIpc) is 2.38. The highest BCUT2D eigenvalue weighted by molar-refractivity contribution is 7.56. The summed E-state index contributed by atoms with van der Waals surface area (Å²) in [5.74, 6) is 0. The molecule has 0 aromatic heterocycles. The molecule has 0 fully saturated rings. The molecule has 3 heteroatoms. The summed E-state index contributed by atoms with van der Waals surface area (Å²) in [6.07, 6.45) is 0. The molecule has 0 heterocycles. The molecule has 17 heavy (non-hydrogen) atoms.